The van der Waals surface area contributed by atoms with Crippen molar-refractivity contribution >= 4 is 17.1 Å². The number of halogens is 3. The Morgan fingerprint density at radius 1 is 1.19 bits per heavy atom. The Morgan fingerprint density at radius 3 is 2.47 bits per heavy atom. The second-order valence-electron chi connectivity index (χ2n) is 7.45. The van der Waals surface area contributed by atoms with Crippen LogP contribution in [0.25, 0.3) is 16.9 Å². The number of hydrogen-bond donors (Lipinski definition) is 0. The molecule has 1 aliphatic heterocycles. The van der Waals surface area contributed by atoms with E-state index >= 15 is 0 Å². The van der Waals surface area contributed by atoms with Gasteiger partial charge in [0.2, 0.25) is 5.91 Å². The maximum absolute atomic E-state index is 12.8. The van der Waals surface area contributed by atoms with Crippen molar-refractivity contribution in [1.82, 2.24) is 29.4 Å². The highest BCUT2D eigenvalue weighted by molar-refractivity contribution is 5.77. The summed E-state index contributed by atoms with van der Waals surface area (Å²) in [5.74, 6) is -0.644. The van der Waals surface area contributed by atoms with Crippen LogP contribution in [-0.2, 0) is 16.1 Å². The van der Waals surface area contributed by atoms with Gasteiger partial charge in [0.15, 0.2) is 11.2 Å². The van der Waals surface area contributed by atoms with Gasteiger partial charge in [-0.15, -0.1) is 18.3 Å². The monoisotopic (exact) mass is 452 g/mol. The molecule has 4 rings (SSSR count). The van der Waals surface area contributed by atoms with Crippen LogP contribution in [0, 0.1) is 0 Å². The van der Waals surface area contributed by atoms with Gasteiger partial charge in [-0.05, 0) is 38.1 Å². The molecular formula is C19H19F3N6O4. The van der Waals surface area contributed by atoms with Gasteiger partial charge in [0, 0.05) is 13.1 Å². The molecular weight excluding hydrogens is 433 g/mol. The third-order valence-electron chi connectivity index (χ3n) is 4.82. The van der Waals surface area contributed by atoms with E-state index in [9.17, 15) is 22.8 Å². The summed E-state index contributed by atoms with van der Waals surface area (Å²) in [5, 5.41) is 7.72. The number of fused-ring (bicyclic) bond motifs is 1. The minimum Gasteiger partial charge on any atom is -0.406 e. The van der Waals surface area contributed by atoms with Crippen LogP contribution in [-0.4, -0.2) is 67.0 Å². The van der Waals surface area contributed by atoms with Crippen LogP contribution in [0.2, 0.25) is 0 Å². The Hall–Kier alpha value is -3.48. The number of alkyl halides is 3. The zero-order chi connectivity index (χ0) is 23.0. The Morgan fingerprint density at radius 2 is 1.84 bits per heavy atom. The molecule has 0 N–H and O–H groups in total. The van der Waals surface area contributed by atoms with Crippen LogP contribution in [0.4, 0.5) is 13.2 Å². The van der Waals surface area contributed by atoms with Gasteiger partial charge in [-0.2, -0.15) is 4.68 Å². The largest absolute Gasteiger partial charge is 0.573 e. The SMILES string of the molecule is C[C@@H]1CN(C(=O)Cn2cnc3c(nnn3-c3ccc(OC(F)(F)F)cc3)c2=O)C[C@@H](C)O1. The summed E-state index contributed by atoms with van der Waals surface area (Å²) < 4.78 is 48.8. The highest BCUT2D eigenvalue weighted by atomic mass is 19.4. The van der Waals surface area contributed by atoms with Gasteiger partial charge < -0.3 is 14.4 Å². The van der Waals surface area contributed by atoms with E-state index in [-0.39, 0.29) is 35.8 Å². The first kappa shape index (κ1) is 21.7. The molecule has 1 aliphatic rings. The maximum Gasteiger partial charge on any atom is 0.573 e. The number of benzene rings is 1. The fourth-order valence-corrected chi connectivity index (χ4v) is 3.55. The maximum atomic E-state index is 12.8. The molecule has 0 unspecified atom stereocenters. The topological polar surface area (TPSA) is 104 Å². The van der Waals surface area contributed by atoms with Crippen LogP contribution < -0.4 is 10.3 Å². The number of amides is 1. The predicted molar refractivity (Wildman–Crippen MR) is 104 cm³/mol. The zero-order valence-corrected chi connectivity index (χ0v) is 17.1. The lowest BCUT2D eigenvalue weighted by Crippen LogP contribution is -2.49. The molecule has 2 aromatic heterocycles. The van der Waals surface area contributed by atoms with E-state index in [2.05, 4.69) is 20.0 Å². The Kier molecular flexibility index (Phi) is 5.59. The third kappa shape index (κ3) is 4.56. The number of aromatic nitrogens is 5. The minimum atomic E-state index is -4.80. The summed E-state index contributed by atoms with van der Waals surface area (Å²) in [4.78, 5) is 31.3. The highest BCUT2D eigenvalue weighted by Gasteiger charge is 2.31. The van der Waals surface area contributed by atoms with Crippen molar-refractivity contribution < 1.29 is 27.4 Å². The smallest absolute Gasteiger partial charge is 0.406 e. The quantitative estimate of drug-likeness (QED) is 0.591. The van der Waals surface area contributed by atoms with Crippen molar-refractivity contribution in [3.63, 3.8) is 0 Å². The van der Waals surface area contributed by atoms with E-state index in [1.54, 1.807) is 4.90 Å². The Labute approximate surface area is 179 Å². The molecule has 13 heteroatoms. The summed E-state index contributed by atoms with van der Waals surface area (Å²) in [5.41, 5.74) is -0.184. The van der Waals surface area contributed by atoms with Gasteiger partial charge in [-0.25, -0.2) is 4.98 Å². The van der Waals surface area contributed by atoms with Crippen molar-refractivity contribution in [3.05, 3.63) is 40.9 Å². The summed E-state index contributed by atoms with van der Waals surface area (Å²) >= 11 is 0. The molecule has 32 heavy (non-hydrogen) atoms. The van der Waals surface area contributed by atoms with Crippen LogP contribution in [0.15, 0.2) is 35.4 Å². The highest BCUT2D eigenvalue weighted by Crippen LogP contribution is 2.24. The molecule has 1 aromatic carbocycles. The molecule has 1 amide bonds. The van der Waals surface area contributed by atoms with E-state index < -0.39 is 17.7 Å². The number of morpholine rings is 1. The lowest BCUT2D eigenvalue weighted by molar-refractivity contribution is -0.274. The van der Waals surface area contributed by atoms with Crippen molar-refractivity contribution in [2.75, 3.05) is 13.1 Å². The lowest BCUT2D eigenvalue weighted by Gasteiger charge is -2.35. The van der Waals surface area contributed by atoms with Crippen molar-refractivity contribution in [1.29, 1.82) is 0 Å². The van der Waals surface area contributed by atoms with Crippen LogP contribution in [0.3, 0.4) is 0 Å². The molecule has 10 nitrogen and oxygen atoms in total. The second-order valence-corrected chi connectivity index (χ2v) is 7.45. The molecule has 0 aliphatic carbocycles. The summed E-state index contributed by atoms with van der Waals surface area (Å²) in [6.45, 7) is 4.39. The fraction of sp³-hybridized carbons (Fsp3) is 0.421. The molecule has 2 atom stereocenters. The van der Waals surface area contributed by atoms with Crippen molar-refractivity contribution in [2.24, 2.45) is 0 Å². The average molecular weight is 452 g/mol. The molecule has 0 saturated carbocycles. The van der Waals surface area contributed by atoms with Crippen molar-refractivity contribution in [2.45, 2.75) is 39.0 Å². The Bertz CT molecular complexity index is 1180. The van der Waals surface area contributed by atoms with Crippen LogP contribution in [0.1, 0.15) is 13.8 Å². The molecule has 3 aromatic rings. The number of rotatable bonds is 4. The van der Waals surface area contributed by atoms with E-state index in [0.29, 0.717) is 18.8 Å². The van der Waals surface area contributed by atoms with E-state index in [0.717, 1.165) is 16.7 Å². The third-order valence-corrected chi connectivity index (χ3v) is 4.82. The molecule has 1 fully saturated rings. The number of hydrogen-bond acceptors (Lipinski definition) is 7. The molecule has 1 saturated heterocycles. The zero-order valence-electron chi connectivity index (χ0n) is 17.1. The number of carbonyl (C=O) groups excluding carboxylic acids is 1. The minimum absolute atomic E-state index is 0.0698. The van der Waals surface area contributed by atoms with Crippen LogP contribution in [0.5, 0.6) is 5.75 Å². The number of carbonyl (C=O) groups is 1. The van der Waals surface area contributed by atoms with Gasteiger partial charge in [0.25, 0.3) is 5.56 Å². The van der Waals surface area contributed by atoms with Gasteiger partial charge in [0.05, 0.1) is 17.9 Å². The standard InChI is InChI=1S/C19H19F3N6O4/c1-11-7-26(8-12(2)31-11)15(29)9-27-10-23-17-16(18(27)30)24-25-28(17)13-3-5-14(6-4-13)32-19(20,21)22/h3-6,10-12H,7-9H2,1-2H3/t11-,12-/m1/s1. The average Bonchev–Trinajstić information content (AvgIpc) is 3.13. The molecule has 0 spiro atoms. The van der Waals surface area contributed by atoms with E-state index in [1.165, 1.54) is 23.1 Å². The summed E-state index contributed by atoms with van der Waals surface area (Å²) in [7, 11) is 0. The number of ether oxygens (including phenoxy) is 2. The first-order valence-electron chi connectivity index (χ1n) is 9.71. The van der Waals surface area contributed by atoms with Gasteiger partial charge in [-0.3, -0.25) is 14.2 Å². The second kappa shape index (κ2) is 8.22. The fourth-order valence-electron chi connectivity index (χ4n) is 3.55. The van der Waals surface area contributed by atoms with Gasteiger partial charge in [-0.1, -0.05) is 5.21 Å². The molecule has 3 heterocycles. The molecule has 170 valence electrons. The van der Waals surface area contributed by atoms with Crippen LogP contribution >= 0.6 is 0 Å². The number of nitrogens with zero attached hydrogens (tertiary/aromatic N) is 6. The first-order chi connectivity index (χ1) is 15.1. The lowest BCUT2D eigenvalue weighted by atomic mass is 10.2. The Balaban J connectivity index is 1.56. The normalized spacial score (nSPS) is 19.3. The predicted octanol–water partition coefficient (Wildman–Crippen LogP) is 1.51. The van der Waals surface area contributed by atoms with Crippen molar-refractivity contribution in [3.8, 4) is 11.4 Å². The summed E-state index contributed by atoms with van der Waals surface area (Å²) in [6.07, 6.45) is -3.79. The van der Waals surface area contributed by atoms with Gasteiger partial charge in [0.1, 0.15) is 18.6 Å². The molecule has 0 radical (unpaired) electrons. The van der Waals surface area contributed by atoms with E-state index in [1.807, 2.05) is 13.8 Å². The summed E-state index contributed by atoms with van der Waals surface area (Å²) in [6, 6.07) is 4.88. The van der Waals surface area contributed by atoms with E-state index in [4.69, 9.17) is 4.74 Å². The van der Waals surface area contributed by atoms with Gasteiger partial charge >= 0.3 is 6.36 Å². The molecule has 0 bridgehead atoms. The first-order valence-corrected chi connectivity index (χ1v) is 9.71.